The van der Waals surface area contributed by atoms with E-state index in [0.29, 0.717) is 5.56 Å². The maximum atomic E-state index is 12.6. The molecule has 0 bridgehead atoms. The number of amides is 1. The summed E-state index contributed by atoms with van der Waals surface area (Å²) in [6.07, 6.45) is -4.38. The highest BCUT2D eigenvalue weighted by atomic mass is 32.2. The summed E-state index contributed by atoms with van der Waals surface area (Å²) >= 11 is 1.40. The van der Waals surface area contributed by atoms with Gasteiger partial charge in [0.25, 0.3) is 0 Å². The minimum absolute atomic E-state index is 0.0719. The zero-order valence-corrected chi connectivity index (χ0v) is 13.2. The molecule has 0 aliphatic carbocycles. The van der Waals surface area contributed by atoms with E-state index < -0.39 is 11.7 Å². The Kier molecular flexibility index (Phi) is 5.71. The van der Waals surface area contributed by atoms with Crippen molar-refractivity contribution in [2.24, 2.45) is 0 Å². The molecule has 0 saturated heterocycles. The molecule has 0 saturated carbocycles. The second-order valence-corrected chi connectivity index (χ2v) is 6.40. The molecule has 23 heavy (non-hydrogen) atoms. The monoisotopic (exact) mass is 339 g/mol. The lowest BCUT2D eigenvalue weighted by Crippen LogP contribution is -2.30. The van der Waals surface area contributed by atoms with Crippen LogP contribution in [0.2, 0.25) is 0 Å². The van der Waals surface area contributed by atoms with E-state index >= 15 is 0 Å². The minimum atomic E-state index is -4.38. The van der Waals surface area contributed by atoms with Crippen molar-refractivity contribution in [3.05, 3.63) is 65.7 Å². The number of thioether (sulfide) groups is 1. The van der Waals surface area contributed by atoms with Crippen LogP contribution in [0.5, 0.6) is 0 Å². The van der Waals surface area contributed by atoms with Gasteiger partial charge in [-0.05, 0) is 36.8 Å². The Morgan fingerprint density at radius 3 is 2.48 bits per heavy atom. The Hall–Kier alpha value is -1.95. The third kappa shape index (κ3) is 5.32. The van der Waals surface area contributed by atoms with Gasteiger partial charge in [0, 0.05) is 11.4 Å². The van der Waals surface area contributed by atoms with Crippen molar-refractivity contribution in [1.82, 2.24) is 5.32 Å². The maximum Gasteiger partial charge on any atom is 0.416 e. The highest BCUT2D eigenvalue weighted by Gasteiger charge is 2.30. The number of hydrogen-bond donors (Lipinski definition) is 1. The third-order valence-electron chi connectivity index (χ3n) is 3.15. The first-order valence-corrected chi connectivity index (χ1v) is 7.90. The second kappa shape index (κ2) is 7.55. The van der Waals surface area contributed by atoms with Gasteiger partial charge < -0.3 is 5.32 Å². The number of nitrogens with one attached hydrogen (secondary N) is 1. The molecule has 2 rings (SSSR count). The normalized spacial score (nSPS) is 12.7. The fraction of sp³-hybridized carbons (Fsp3) is 0.235. The number of alkyl halides is 3. The molecule has 0 fully saturated rings. The molecule has 0 radical (unpaired) electrons. The predicted octanol–water partition coefficient (Wildman–Crippen LogP) is 4.50. The third-order valence-corrected chi connectivity index (χ3v) is 4.26. The molecule has 1 atom stereocenters. The lowest BCUT2D eigenvalue weighted by Gasteiger charge is -2.13. The predicted molar refractivity (Wildman–Crippen MR) is 85.1 cm³/mol. The average Bonchev–Trinajstić information content (AvgIpc) is 2.53. The second-order valence-electron chi connectivity index (χ2n) is 4.99. The Bertz CT molecular complexity index is 658. The Morgan fingerprint density at radius 1 is 1.13 bits per heavy atom. The number of hydrogen-bond acceptors (Lipinski definition) is 2. The molecule has 2 nitrogen and oxygen atoms in total. The van der Waals surface area contributed by atoms with Crippen molar-refractivity contribution in [2.45, 2.75) is 29.8 Å². The molecule has 1 N–H and O–H groups in total. The molecule has 0 aliphatic rings. The molecule has 6 heteroatoms. The molecular formula is C17H16F3NOS. The smallest absolute Gasteiger partial charge is 0.351 e. The van der Waals surface area contributed by atoms with Gasteiger partial charge in [-0.3, -0.25) is 4.79 Å². The van der Waals surface area contributed by atoms with E-state index in [0.717, 1.165) is 17.0 Å². The van der Waals surface area contributed by atoms with Gasteiger partial charge in [-0.25, -0.2) is 0 Å². The summed E-state index contributed by atoms with van der Waals surface area (Å²) in [5.41, 5.74) is -0.291. The molecule has 0 aliphatic heterocycles. The van der Waals surface area contributed by atoms with Crippen LogP contribution in [-0.4, -0.2) is 11.2 Å². The first-order chi connectivity index (χ1) is 10.9. The number of halogens is 3. The fourth-order valence-electron chi connectivity index (χ4n) is 1.95. The van der Waals surface area contributed by atoms with Crippen LogP contribution in [0.1, 0.15) is 18.1 Å². The van der Waals surface area contributed by atoms with Gasteiger partial charge in [0.05, 0.1) is 10.8 Å². The molecule has 0 aromatic heterocycles. The van der Waals surface area contributed by atoms with Gasteiger partial charge in [0.2, 0.25) is 5.91 Å². The number of rotatable bonds is 5. The molecule has 0 unspecified atom stereocenters. The van der Waals surface area contributed by atoms with Gasteiger partial charge in [0.1, 0.15) is 0 Å². The van der Waals surface area contributed by atoms with Crippen molar-refractivity contribution in [3.63, 3.8) is 0 Å². The van der Waals surface area contributed by atoms with Crippen molar-refractivity contribution in [1.29, 1.82) is 0 Å². The van der Waals surface area contributed by atoms with Crippen LogP contribution < -0.4 is 5.32 Å². The summed E-state index contributed by atoms with van der Waals surface area (Å²) in [6.45, 7) is 1.83. The number of carbonyl (C=O) groups is 1. The van der Waals surface area contributed by atoms with E-state index in [2.05, 4.69) is 5.32 Å². The van der Waals surface area contributed by atoms with Crippen LogP contribution in [0.15, 0.2) is 59.5 Å². The van der Waals surface area contributed by atoms with Crippen LogP contribution in [0, 0.1) is 0 Å². The highest BCUT2D eigenvalue weighted by Crippen LogP contribution is 2.29. The van der Waals surface area contributed by atoms with Crippen LogP contribution in [0.4, 0.5) is 13.2 Å². The first kappa shape index (κ1) is 17.4. The molecular weight excluding hydrogens is 323 g/mol. The summed E-state index contributed by atoms with van der Waals surface area (Å²) in [5, 5.41) is 2.34. The zero-order valence-electron chi connectivity index (χ0n) is 12.4. The van der Waals surface area contributed by atoms with Gasteiger partial charge in [-0.2, -0.15) is 13.2 Å². The zero-order chi connectivity index (χ0) is 16.9. The van der Waals surface area contributed by atoms with E-state index in [-0.39, 0.29) is 17.7 Å². The van der Waals surface area contributed by atoms with Crippen LogP contribution in [0.3, 0.4) is 0 Å². The van der Waals surface area contributed by atoms with E-state index in [1.54, 1.807) is 13.0 Å². The molecule has 122 valence electrons. The largest absolute Gasteiger partial charge is 0.416 e. The molecule has 1 amide bonds. The van der Waals surface area contributed by atoms with Crippen molar-refractivity contribution in [3.8, 4) is 0 Å². The molecule has 0 heterocycles. The summed E-state index contributed by atoms with van der Waals surface area (Å²) in [7, 11) is 0. The van der Waals surface area contributed by atoms with Gasteiger partial charge in [-0.1, -0.05) is 30.3 Å². The Labute approximate surface area is 137 Å². The molecule has 0 spiro atoms. The lowest BCUT2D eigenvalue weighted by atomic mass is 10.1. The molecule has 2 aromatic rings. The van der Waals surface area contributed by atoms with Crippen LogP contribution in [-0.2, 0) is 17.5 Å². The fourth-order valence-corrected chi connectivity index (χ4v) is 2.86. The van der Waals surface area contributed by atoms with E-state index in [9.17, 15) is 18.0 Å². The van der Waals surface area contributed by atoms with Crippen molar-refractivity contribution < 1.29 is 18.0 Å². The van der Waals surface area contributed by atoms with Gasteiger partial charge in [0.15, 0.2) is 0 Å². The number of carbonyl (C=O) groups excluding carboxylic acids is 1. The van der Waals surface area contributed by atoms with Crippen molar-refractivity contribution >= 4 is 17.7 Å². The van der Waals surface area contributed by atoms with Crippen LogP contribution in [0.25, 0.3) is 0 Å². The summed E-state index contributed by atoms with van der Waals surface area (Å²) < 4.78 is 37.9. The average molecular weight is 339 g/mol. The van der Waals surface area contributed by atoms with E-state index in [4.69, 9.17) is 0 Å². The molecule has 2 aromatic carbocycles. The summed E-state index contributed by atoms with van der Waals surface area (Å²) in [4.78, 5) is 13.0. The highest BCUT2D eigenvalue weighted by molar-refractivity contribution is 8.00. The Balaban J connectivity index is 1.91. The van der Waals surface area contributed by atoms with Gasteiger partial charge >= 0.3 is 6.18 Å². The standard InChI is InChI=1S/C17H16F3NOS/c1-12(23-15-8-3-2-4-9-15)16(22)21-11-13-6-5-7-14(10-13)17(18,19)20/h2-10,12H,11H2,1H3,(H,21,22)/t12-/m1/s1. The van der Waals surface area contributed by atoms with E-state index in [1.165, 1.54) is 17.8 Å². The lowest BCUT2D eigenvalue weighted by molar-refractivity contribution is -0.137. The first-order valence-electron chi connectivity index (χ1n) is 7.02. The number of benzene rings is 2. The van der Waals surface area contributed by atoms with Crippen LogP contribution >= 0.6 is 11.8 Å². The topological polar surface area (TPSA) is 29.1 Å². The SMILES string of the molecule is C[C@@H](Sc1ccccc1)C(=O)NCc1cccc(C(F)(F)F)c1. The Morgan fingerprint density at radius 2 is 1.83 bits per heavy atom. The quantitative estimate of drug-likeness (QED) is 0.813. The summed E-state index contributed by atoms with van der Waals surface area (Å²) in [5.74, 6) is -0.212. The summed E-state index contributed by atoms with van der Waals surface area (Å²) in [6, 6.07) is 14.4. The van der Waals surface area contributed by atoms with Crippen molar-refractivity contribution in [2.75, 3.05) is 0 Å². The van der Waals surface area contributed by atoms with Gasteiger partial charge in [-0.15, -0.1) is 11.8 Å². The minimum Gasteiger partial charge on any atom is -0.351 e. The van der Waals surface area contributed by atoms with E-state index in [1.807, 2.05) is 30.3 Å². The maximum absolute atomic E-state index is 12.6.